The van der Waals surface area contributed by atoms with E-state index in [9.17, 15) is 18.0 Å². The summed E-state index contributed by atoms with van der Waals surface area (Å²) in [4.78, 5) is 11.6. The van der Waals surface area contributed by atoms with Crippen molar-refractivity contribution in [3.05, 3.63) is 0 Å². The lowest BCUT2D eigenvalue weighted by Crippen LogP contribution is -2.27. The standard InChI is InChI=1S/C12H19F3O/c1-11(2)6-3-9(4-7-11)10(16)5-8-12(13,14)15/h9H,3-8H2,1-2H3. The maximum atomic E-state index is 12.0. The first-order valence-corrected chi connectivity index (χ1v) is 5.79. The Balaban J connectivity index is 2.34. The van der Waals surface area contributed by atoms with Crippen molar-refractivity contribution in [1.82, 2.24) is 0 Å². The van der Waals surface area contributed by atoms with E-state index in [0.29, 0.717) is 0 Å². The normalized spacial score (nSPS) is 22.1. The Labute approximate surface area is 94.4 Å². The van der Waals surface area contributed by atoms with E-state index in [1.165, 1.54) is 0 Å². The molecule has 1 aliphatic carbocycles. The molecule has 0 radical (unpaired) electrons. The molecule has 0 spiro atoms. The number of carbonyl (C=O) groups is 1. The molecule has 1 aliphatic rings. The molecule has 1 nitrogen and oxygen atoms in total. The van der Waals surface area contributed by atoms with E-state index in [-0.39, 0.29) is 23.5 Å². The zero-order chi connectivity index (χ0) is 12.4. The molecule has 1 rings (SSSR count). The topological polar surface area (TPSA) is 17.1 Å². The molecule has 0 heterocycles. The zero-order valence-corrected chi connectivity index (χ0v) is 9.86. The number of hydrogen-bond donors (Lipinski definition) is 0. The summed E-state index contributed by atoms with van der Waals surface area (Å²) < 4.78 is 35.9. The molecule has 16 heavy (non-hydrogen) atoms. The number of Topliss-reactive ketones (excluding diaryl/α,β-unsaturated/α-hetero) is 1. The van der Waals surface area contributed by atoms with Crippen LogP contribution in [0.2, 0.25) is 0 Å². The fourth-order valence-corrected chi connectivity index (χ4v) is 2.19. The van der Waals surface area contributed by atoms with Gasteiger partial charge in [0.25, 0.3) is 0 Å². The van der Waals surface area contributed by atoms with Gasteiger partial charge in [-0.3, -0.25) is 4.79 Å². The molecular formula is C12H19F3O. The number of halogens is 3. The number of ketones is 1. The molecule has 4 heteroatoms. The van der Waals surface area contributed by atoms with Crippen molar-refractivity contribution in [2.24, 2.45) is 11.3 Å². The molecule has 0 amide bonds. The van der Waals surface area contributed by atoms with Crippen molar-refractivity contribution >= 4 is 5.78 Å². The minimum atomic E-state index is -4.20. The van der Waals surface area contributed by atoms with Crippen molar-refractivity contribution in [1.29, 1.82) is 0 Å². The summed E-state index contributed by atoms with van der Waals surface area (Å²) in [5, 5.41) is 0. The molecule has 94 valence electrons. The van der Waals surface area contributed by atoms with Crippen molar-refractivity contribution in [3.8, 4) is 0 Å². The van der Waals surface area contributed by atoms with Gasteiger partial charge in [0.2, 0.25) is 0 Å². The van der Waals surface area contributed by atoms with Gasteiger partial charge < -0.3 is 0 Å². The third-order valence-electron chi connectivity index (χ3n) is 3.45. The zero-order valence-electron chi connectivity index (χ0n) is 9.86. The summed E-state index contributed by atoms with van der Waals surface area (Å²) in [6.07, 6.45) is -2.12. The number of carbonyl (C=O) groups excluding carboxylic acids is 1. The van der Waals surface area contributed by atoms with Crippen LogP contribution in [0.25, 0.3) is 0 Å². The first kappa shape index (κ1) is 13.5. The molecule has 0 N–H and O–H groups in total. The second-order valence-electron chi connectivity index (χ2n) is 5.52. The highest BCUT2D eigenvalue weighted by Crippen LogP contribution is 2.39. The largest absolute Gasteiger partial charge is 0.389 e. The highest BCUT2D eigenvalue weighted by atomic mass is 19.4. The van der Waals surface area contributed by atoms with Gasteiger partial charge in [-0.15, -0.1) is 0 Å². The van der Waals surface area contributed by atoms with Gasteiger partial charge in [-0.25, -0.2) is 0 Å². The van der Waals surface area contributed by atoms with Gasteiger partial charge >= 0.3 is 6.18 Å². The third kappa shape index (κ3) is 4.54. The van der Waals surface area contributed by atoms with Crippen molar-refractivity contribution in [2.45, 2.75) is 58.5 Å². The average Bonchev–Trinajstić information content (AvgIpc) is 2.13. The summed E-state index contributed by atoms with van der Waals surface area (Å²) in [5.74, 6) is -0.330. The van der Waals surface area contributed by atoms with Crippen LogP contribution in [0.1, 0.15) is 52.4 Å². The van der Waals surface area contributed by atoms with Crippen LogP contribution in [0.5, 0.6) is 0 Å². The van der Waals surface area contributed by atoms with E-state index in [2.05, 4.69) is 13.8 Å². The SMILES string of the molecule is CC1(C)CCC(C(=O)CCC(F)(F)F)CC1. The second-order valence-corrected chi connectivity index (χ2v) is 5.52. The molecule has 0 aromatic carbocycles. The van der Waals surface area contributed by atoms with E-state index in [1.807, 2.05) is 0 Å². The first-order chi connectivity index (χ1) is 7.20. The fraction of sp³-hybridized carbons (Fsp3) is 0.917. The fourth-order valence-electron chi connectivity index (χ4n) is 2.19. The van der Waals surface area contributed by atoms with Crippen LogP contribution in [0, 0.1) is 11.3 Å². The highest BCUT2D eigenvalue weighted by molar-refractivity contribution is 5.81. The number of hydrogen-bond acceptors (Lipinski definition) is 1. The monoisotopic (exact) mass is 236 g/mol. The number of rotatable bonds is 3. The van der Waals surface area contributed by atoms with Crippen LogP contribution in [0.3, 0.4) is 0 Å². The second kappa shape index (κ2) is 4.76. The smallest absolute Gasteiger partial charge is 0.299 e. The Morgan fingerprint density at radius 3 is 2.19 bits per heavy atom. The van der Waals surface area contributed by atoms with Crippen LogP contribution >= 0.6 is 0 Å². The van der Waals surface area contributed by atoms with E-state index >= 15 is 0 Å². The first-order valence-electron chi connectivity index (χ1n) is 5.79. The van der Waals surface area contributed by atoms with E-state index in [4.69, 9.17) is 0 Å². The Morgan fingerprint density at radius 1 is 1.25 bits per heavy atom. The molecule has 0 aromatic rings. The molecule has 1 saturated carbocycles. The van der Waals surface area contributed by atoms with Crippen LogP contribution in [0.15, 0.2) is 0 Å². The Bertz CT molecular complexity index is 245. The Morgan fingerprint density at radius 2 is 1.75 bits per heavy atom. The maximum absolute atomic E-state index is 12.0. The van der Waals surface area contributed by atoms with Gasteiger partial charge in [-0.1, -0.05) is 13.8 Å². The van der Waals surface area contributed by atoms with Crippen LogP contribution < -0.4 is 0 Å². The van der Waals surface area contributed by atoms with Crippen molar-refractivity contribution in [3.63, 3.8) is 0 Å². The molecule has 0 saturated heterocycles. The third-order valence-corrected chi connectivity index (χ3v) is 3.45. The average molecular weight is 236 g/mol. The predicted molar refractivity (Wildman–Crippen MR) is 56.0 cm³/mol. The van der Waals surface area contributed by atoms with E-state index in [0.717, 1.165) is 25.7 Å². The molecule has 0 unspecified atom stereocenters. The lowest BCUT2D eigenvalue weighted by Gasteiger charge is -2.33. The summed E-state index contributed by atoms with van der Waals surface area (Å²) in [5.41, 5.74) is 0.251. The predicted octanol–water partition coefficient (Wildman–Crippen LogP) is 4.11. The van der Waals surface area contributed by atoms with Crippen LogP contribution in [-0.2, 0) is 4.79 Å². The summed E-state index contributed by atoms with van der Waals surface area (Å²) in [7, 11) is 0. The highest BCUT2D eigenvalue weighted by Gasteiger charge is 2.33. The molecule has 0 atom stereocenters. The summed E-state index contributed by atoms with van der Waals surface area (Å²) in [6, 6.07) is 0. The summed E-state index contributed by atoms with van der Waals surface area (Å²) >= 11 is 0. The molecule has 1 fully saturated rings. The summed E-state index contributed by atoms with van der Waals surface area (Å²) in [6.45, 7) is 4.28. The molecule has 0 aromatic heterocycles. The van der Waals surface area contributed by atoms with Crippen molar-refractivity contribution < 1.29 is 18.0 Å². The lowest BCUT2D eigenvalue weighted by atomic mass is 9.71. The van der Waals surface area contributed by atoms with E-state index in [1.54, 1.807) is 0 Å². The van der Waals surface area contributed by atoms with Gasteiger partial charge in [-0.05, 0) is 31.1 Å². The maximum Gasteiger partial charge on any atom is 0.389 e. The van der Waals surface area contributed by atoms with Crippen LogP contribution in [0.4, 0.5) is 13.2 Å². The quantitative estimate of drug-likeness (QED) is 0.720. The minimum Gasteiger partial charge on any atom is -0.299 e. The van der Waals surface area contributed by atoms with Gasteiger partial charge in [0.1, 0.15) is 5.78 Å². The molecule has 0 aliphatic heterocycles. The van der Waals surface area contributed by atoms with E-state index < -0.39 is 12.6 Å². The van der Waals surface area contributed by atoms with Gasteiger partial charge in [-0.2, -0.15) is 13.2 Å². The Kier molecular flexibility index (Phi) is 4.02. The Hall–Kier alpha value is -0.540. The van der Waals surface area contributed by atoms with Crippen molar-refractivity contribution in [2.75, 3.05) is 0 Å². The van der Waals surface area contributed by atoms with Gasteiger partial charge in [0.15, 0.2) is 0 Å². The van der Waals surface area contributed by atoms with Gasteiger partial charge in [0, 0.05) is 12.3 Å². The van der Waals surface area contributed by atoms with Crippen LogP contribution in [-0.4, -0.2) is 12.0 Å². The van der Waals surface area contributed by atoms with Gasteiger partial charge in [0.05, 0.1) is 6.42 Å². The minimum absolute atomic E-state index is 0.129. The molecular weight excluding hydrogens is 217 g/mol. The molecule has 0 bridgehead atoms. The lowest BCUT2D eigenvalue weighted by molar-refractivity contribution is -0.145. The number of alkyl halides is 3.